The van der Waals surface area contributed by atoms with Crippen LogP contribution in [0.4, 0.5) is 0 Å². The lowest BCUT2D eigenvalue weighted by atomic mass is 9.70. The van der Waals surface area contributed by atoms with Crippen molar-refractivity contribution in [2.24, 2.45) is 35.5 Å². The molecule has 8 unspecified atom stereocenters. The summed E-state index contributed by atoms with van der Waals surface area (Å²) in [6, 6.07) is 1.94. The highest BCUT2D eigenvalue weighted by Crippen LogP contribution is 2.61. The first kappa shape index (κ1) is 15.7. The van der Waals surface area contributed by atoms with E-state index in [0.29, 0.717) is 0 Å². The highest BCUT2D eigenvalue weighted by Gasteiger charge is 2.62. The van der Waals surface area contributed by atoms with E-state index in [0.717, 1.165) is 47.6 Å². The molecule has 1 saturated heterocycles. The van der Waals surface area contributed by atoms with Crippen LogP contribution in [-0.4, -0.2) is 24.9 Å². The van der Waals surface area contributed by atoms with Crippen LogP contribution in [0.25, 0.3) is 0 Å². The van der Waals surface area contributed by atoms with E-state index in [-0.39, 0.29) is 0 Å². The minimum absolute atomic E-state index is 0.961. The second-order valence-corrected chi connectivity index (χ2v) is 15.1. The Kier molecular flexibility index (Phi) is 3.81. The third-order valence-corrected chi connectivity index (χ3v) is 10.2. The monoisotopic (exact) mass is 319 g/mol. The van der Waals surface area contributed by atoms with Gasteiger partial charge in [-0.15, -0.1) is 0 Å². The molecule has 0 aromatic carbocycles. The fourth-order valence-corrected chi connectivity index (χ4v) is 10.1. The summed E-state index contributed by atoms with van der Waals surface area (Å²) in [5.41, 5.74) is 0. The molecule has 0 radical (unpaired) electrons. The fraction of sp³-hybridized carbons (Fsp3) is 1.00. The van der Waals surface area contributed by atoms with Gasteiger partial charge in [-0.25, -0.2) is 0 Å². The quantitative estimate of drug-likeness (QED) is 0.586. The molecule has 4 fully saturated rings. The molecule has 22 heavy (non-hydrogen) atoms. The van der Waals surface area contributed by atoms with Gasteiger partial charge in [0, 0.05) is 12.1 Å². The Morgan fingerprint density at radius 1 is 0.818 bits per heavy atom. The summed E-state index contributed by atoms with van der Waals surface area (Å²) in [4.78, 5) is 0. The Balaban J connectivity index is 1.73. The van der Waals surface area contributed by atoms with Crippen LogP contribution in [0.1, 0.15) is 58.8 Å². The van der Waals surface area contributed by atoms with E-state index in [4.69, 9.17) is 0 Å². The maximum absolute atomic E-state index is 3.20. The van der Waals surface area contributed by atoms with Crippen LogP contribution in [0.2, 0.25) is 19.6 Å². The molecule has 4 rings (SSSR count). The number of hydrogen-bond donors (Lipinski definition) is 0. The topological polar surface area (TPSA) is 3.24 Å². The largest absolute Gasteiger partial charge is 0.318 e. The second kappa shape index (κ2) is 5.34. The van der Waals surface area contributed by atoms with Gasteiger partial charge in [0.2, 0.25) is 0 Å². The summed E-state index contributed by atoms with van der Waals surface area (Å²) >= 11 is 0. The molecular weight excluding hydrogens is 282 g/mol. The zero-order chi connectivity index (χ0) is 15.6. The van der Waals surface area contributed by atoms with E-state index in [1.165, 1.54) is 32.1 Å². The molecule has 4 aliphatic rings. The Hall–Kier alpha value is 0.177. The van der Waals surface area contributed by atoms with Gasteiger partial charge >= 0.3 is 0 Å². The number of hydrogen-bond acceptors (Lipinski definition) is 1. The summed E-state index contributed by atoms with van der Waals surface area (Å²) in [6.45, 7) is 13.1. The second-order valence-electron chi connectivity index (χ2n) is 10.3. The Labute approximate surface area is 139 Å². The molecule has 1 heterocycles. The molecule has 8 atom stereocenters. The normalized spacial score (nSPS) is 52.2. The Morgan fingerprint density at radius 3 is 2.18 bits per heavy atom. The predicted octanol–water partition coefficient (Wildman–Crippen LogP) is 5.38. The first-order valence-electron chi connectivity index (χ1n) is 10.2. The third-order valence-electron chi connectivity index (χ3n) is 8.06. The van der Waals surface area contributed by atoms with Crippen LogP contribution in [0.5, 0.6) is 0 Å². The van der Waals surface area contributed by atoms with Crippen LogP contribution in [-0.2, 0) is 0 Å². The number of rotatable bonds is 1. The van der Waals surface area contributed by atoms with E-state index in [2.05, 4.69) is 38.1 Å². The van der Waals surface area contributed by atoms with Gasteiger partial charge < -0.3 is 4.57 Å². The van der Waals surface area contributed by atoms with Gasteiger partial charge in [0.1, 0.15) is 8.24 Å². The van der Waals surface area contributed by atoms with Crippen molar-refractivity contribution in [3.8, 4) is 0 Å². The van der Waals surface area contributed by atoms with Crippen LogP contribution >= 0.6 is 0 Å². The average molecular weight is 320 g/mol. The van der Waals surface area contributed by atoms with E-state index < -0.39 is 8.24 Å². The molecule has 1 nitrogen and oxygen atoms in total. The molecule has 0 aromatic heterocycles. The minimum atomic E-state index is -1.21. The lowest BCUT2D eigenvalue weighted by Gasteiger charge is -2.46. The molecule has 2 heteroatoms. The maximum Gasteiger partial charge on any atom is 0.119 e. The van der Waals surface area contributed by atoms with Crippen molar-refractivity contribution in [2.75, 3.05) is 0 Å². The Bertz CT molecular complexity index is 428. The first-order valence-corrected chi connectivity index (χ1v) is 13.6. The summed E-state index contributed by atoms with van der Waals surface area (Å²) in [6.07, 6.45) is 10.7. The van der Waals surface area contributed by atoms with E-state index >= 15 is 0 Å². The van der Waals surface area contributed by atoms with Crippen molar-refractivity contribution in [2.45, 2.75) is 90.5 Å². The van der Waals surface area contributed by atoms with Gasteiger partial charge in [-0.1, -0.05) is 46.3 Å². The van der Waals surface area contributed by atoms with Gasteiger partial charge in [0.25, 0.3) is 0 Å². The van der Waals surface area contributed by atoms with E-state index in [1.807, 2.05) is 0 Å². The van der Waals surface area contributed by atoms with Crippen molar-refractivity contribution in [1.29, 1.82) is 0 Å². The van der Waals surface area contributed by atoms with Gasteiger partial charge in [-0.05, 0) is 67.6 Å². The van der Waals surface area contributed by atoms with Gasteiger partial charge in [-0.3, -0.25) is 0 Å². The first-order chi connectivity index (χ1) is 10.4. The molecule has 3 saturated carbocycles. The van der Waals surface area contributed by atoms with Crippen molar-refractivity contribution in [3.05, 3.63) is 0 Å². The van der Waals surface area contributed by atoms with E-state index in [9.17, 15) is 0 Å². The Morgan fingerprint density at radius 2 is 1.50 bits per heavy atom. The molecule has 0 spiro atoms. The minimum Gasteiger partial charge on any atom is -0.318 e. The summed E-state index contributed by atoms with van der Waals surface area (Å²) in [5.74, 6) is 6.21. The molecule has 0 aromatic rings. The maximum atomic E-state index is 3.20. The smallest absolute Gasteiger partial charge is 0.119 e. The molecule has 0 N–H and O–H groups in total. The molecule has 3 aliphatic carbocycles. The summed E-state index contributed by atoms with van der Waals surface area (Å²) in [5, 5.41) is 0. The average Bonchev–Trinajstić information content (AvgIpc) is 2.93. The van der Waals surface area contributed by atoms with E-state index in [1.54, 1.807) is 12.8 Å². The molecule has 0 bridgehead atoms. The standard InChI is InChI=1S/C20H37NSi/c1-13-10-11-18-17(12-13)19-14(2)15-8-6-7-9-16(15)20(19)21(18)22(3,4)5/h13-20H,6-12H2,1-5H3. The molecule has 1 aliphatic heterocycles. The van der Waals surface area contributed by atoms with Crippen molar-refractivity contribution >= 4 is 8.24 Å². The number of fused-ring (bicyclic) bond motifs is 5. The molecule has 126 valence electrons. The van der Waals surface area contributed by atoms with Crippen molar-refractivity contribution in [1.82, 2.24) is 4.57 Å². The number of nitrogens with zero attached hydrogens (tertiary/aromatic N) is 1. The van der Waals surface area contributed by atoms with Crippen molar-refractivity contribution in [3.63, 3.8) is 0 Å². The van der Waals surface area contributed by atoms with Crippen molar-refractivity contribution < 1.29 is 0 Å². The van der Waals surface area contributed by atoms with Gasteiger partial charge in [-0.2, -0.15) is 0 Å². The summed E-state index contributed by atoms with van der Waals surface area (Å²) in [7, 11) is -1.21. The summed E-state index contributed by atoms with van der Waals surface area (Å²) < 4.78 is 3.20. The van der Waals surface area contributed by atoms with Crippen LogP contribution in [0.15, 0.2) is 0 Å². The van der Waals surface area contributed by atoms with Gasteiger partial charge in [0.05, 0.1) is 0 Å². The SMILES string of the molecule is CC1CCC2C(C1)C1C(C)C3CCCCC3C1N2[Si](C)(C)C. The van der Waals surface area contributed by atoms with Gasteiger partial charge in [0.15, 0.2) is 0 Å². The lowest BCUT2D eigenvalue weighted by Crippen LogP contribution is -2.56. The third kappa shape index (κ3) is 2.19. The molecular formula is C20H37NSi. The molecule has 0 amide bonds. The zero-order valence-corrected chi connectivity index (χ0v) is 16.5. The highest BCUT2D eigenvalue weighted by atomic mass is 28.3. The van der Waals surface area contributed by atoms with Crippen LogP contribution in [0, 0.1) is 35.5 Å². The lowest BCUT2D eigenvalue weighted by molar-refractivity contribution is 0.121. The predicted molar refractivity (Wildman–Crippen MR) is 97.4 cm³/mol. The van der Waals surface area contributed by atoms with Crippen LogP contribution < -0.4 is 0 Å². The zero-order valence-electron chi connectivity index (χ0n) is 15.5. The highest BCUT2D eigenvalue weighted by molar-refractivity contribution is 6.73. The fourth-order valence-electron chi connectivity index (χ4n) is 7.52. The van der Waals surface area contributed by atoms with Crippen LogP contribution in [0.3, 0.4) is 0 Å².